The molecule has 7 aromatic rings. The summed E-state index contributed by atoms with van der Waals surface area (Å²) in [5.41, 5.74) is 6.41. The second-order valence-corrected chi connectivity index (χ2v) is 8.64. The minimum Gasteiger partial charge on any atom is -0.254 e. The van der Waals surface area contributed by atoms with Crippen molar-refractivity contribution >= 4 is 43.4 Å². The highest BCUT2D eigenvalue weighted by Crippen LogP contribution is 2.41. The average molecular weight is 433 g/mol. The van der Waals surface area contributed by atoms with Gasteiger partial charge in [-0.15, -0.1) is 0 Å². The van der Waals surface area contributed by atoms with Gasteiger partial charge in [0, 0.05) is 22.5 Å². The van der Waals surface area contributed by atoms with Crippen LogP contribution in [0.2, 0.25) is 0 Å². The summed E-state index contributed by atoms with van der Waals surface area (Å²) in [7, 11) is 0. The fourth-order valence-electron chi connectivity index (χ4n) is 5.09. The zero-order valence-corrected chi connectivity index (χ0v) is 18.4. The van der Waals surface area contributed by atoms with Gasteiger partial charge >= 0.3 is 0 Å². The molecule has 0 atom stereocenters. The molecule has 0 amide bonds. The van der Waals surface area contributed by atoms with E-state index in [9.17, 15) is 0 Å². The van der Waals surface area contributed by atoms with Gasteiger partial charge in [-0.3, -0.25) is 4.98 Å². The Morgan fingerprint density at radius 3 is 1.94 bits per heavy atom. The SMILES string of the molecule is c1ccc2c(-c3c(-c4ccc5ccc6cccnc6c5n4)ccc4ccccc34)cccc2c1. The molecule has 2 nitrogen and oxygen atoms in total. The molecule has 2 aromatic heterocycles. The highest BCUT2D eigenvalue weighted by molar-refractivity contribution is 6.11. The minimum atomic E-state index is 0.938. The van der Waals surface area contributed by atoms with Crippen LogP contribution in [-0.4, -0.2) is 9.97 Å². The Morgan fingerprint density at radius 1 is 0.412 bits per heavy atom. The summed E-state index contributed by atoms with van der Waals surface area (Å²) < 4.78 is 0. The molecule has 0 aliphatic rings. The highest BCUT2D eigenvalue weighted by atomic mass is 14.8. The van der Waals surface area contributed by atoms with E-state index < -0.39 is 0 Å². The number of hydrogen-bond donors (Lipinski definition) is 0. The predicted molar refractivity (Wildman–Crippen MR) is 143 cm³/mol. The summed E-state index contributed by atoms with van der Waals surface area (Å²) in [5, 5.41) is 7.14. The van der Waals surface area contributed by atoms with Gasteiger partial charge in [-0.1, -0.05) is 103 Å². The molecular weight excluding hydrogens is 412 g/mol. The van der Waals surface area contributed by atoms with E-state index in [-0.39, 0.29) is 0 Å². The molecule has 0 aliphatic carbocycles. The van der Waals surface area contributed by atoms with Gasteiger partial charge in [0.2, 0.25) is 0 Å². The lowest BCUT2D eigenvalue weighted by Crippen LogP contribution is -1.93. The van der Waals surface area contributed by atoms with Crippen molar-refractivity contribution in [1.82, 2.24) is 9.97 Å². The van der Waals surface area contributed by atoms with E-state index in [4.69, 9.17) is 4.98 Å². The van der Waals surface area contributed by atoms with Crippen molar-refractivity contribution in [1.29, 1.82) is 0 Å². The van der Waals surface area contributed by atoms with Crippen molar-refractivity contribution in [3.05, 3.63) is 121 Å². The number of aromatic nitrogens is 2. The molecule has 0 spiro atoms. The van der Waals surface area contributed by atoms with Crippen molar-refractivity contribution in [2.45, 2.75) is 0 Å². The second kappa shape index (κ2) is 7.50. The largest absolute Gasteiger partial charge is 0.254 e. The van der Waals surface area contributed by atoms with E-state index in [0.717, 1.165) is 33.1 Å². The molecule has 0 N–H and O–H groups in total. The lowest BCUT2D eigenvalue weighted by Gasteiger charge is -2.16. The van der Waals surface area contributed by atoms with Gasteiger partial charge in [-0.2, -0.15) is 0 Å². The molecule has 0 radical (unpaired) electrons. The van der Waals surface area contributed by atoms with E-state index in [1.54, 1.807) is 0 Å². The van der Waals surface area contributed by atoms with Crippen molar-refractivity contribution in [2.75, 3.05) is 0 Å². The van der Waals surface area contributed by atoms with E-state index in [0.29, 0.717) is 0 Å². The molecule has 0 saturated heterocycles. The number of fused-ring (bicyclic) bond motifs is 5. The lowest BCUT2D eigenvalue weighted by molar-refractivity contribution is 1.37. The summed E-state index contributed by atoms with van der Waals surface area (Å²) in [4.78, 5) is 9.84. The molecule has 0 saturated carbocycles. The minimum absolute atomic E-state index is 0.938. The van der Waals surface area contributed by atoms with Gasteiger partial charge in [0.25, 0.3) is 0 Å². The molecule has 2 heteroatoms. The van der Waals surface area contributed by atoms with Gasteiger partial charge in [0.15, 0.2) is 0 Å². The second-order valence-electron chi connectivity index (χ2n) is 8.64. The summed E-state index contributed by atoms with van der Waals surface area (Å²) in [6.07, 6.45) is 1.84. The maximum Gasteiger partial charge on any atom is 0.0972 e. The fraction of sp³-hybridized carbons (Fsp3) is 0. The zero-order chi connectivity index (χ0) is 22.5. The van der Waals surface area contributed by atoms with Gasteiger partial charge in [-0.25, -0.2) is 4.98 Å². The number of pyridine rings is 2. The van der Waals surface area contributed by atoms with Gasteiger partial charge in [0.1, 0.15) is 0 Å². The van der Waals surface area contributed by atoms with Crippen LogP contribution in [0.3, 0.4) is 0 Å². The average Bonchev–Trinajstić information content (AvgIpc) is 2.92. The molecule has 158 valence electrons. The first-order valence-electron chi connectivity index (χ1n) is 11.5. The van der Waals surface area contributed by atoms with Crippen LogP contribution in [0.5, 0.6) is 0 Å². The van der Waals surface area contributed by atoms with Crippen LogP contribution in [0.4, 0.5) is 0 Å². The smallest absolute Gasteiger partial charge is 0.0972 e. The summed E-state index contributed by atoms with van der Waals surface area (Å²) in [5.74, 6) is 0. The van der Waals surface area contributed by atoms with Crippen LogP contribution in [-0.2, 0) is 0 Å². The maximum absolute atomic E-state index is 5.18. The molecular formula is C32H20N2. The summed E-state index contributed by atoms with van der Waals surface area (Å²) >= 11 is 0. The predicted octanol–water partition coefficient (Wildman–Crippen LogP) is 8.42. The molecule has 0 fully saturated rings. The van der Waals surface area contributed by atoms with Crippen molar-refractivity contribution in [2.24, 2.45) is 0 Å². The highest BCUT2D eigenvalue weighted by Gasteiger charge is 2.16. The van der Waals surface area contributed by atoms with E-state index in [1.165, 1.54) is 32.7 Å². The van der Waals surface area contributed by atoms with Crippen LogP contribution >= 0.6 is 0 Å². The molecule has 0 bridgehead atoms. The zero-order valence-electron chi connectivity index (χ0n) is 18.4. The monoisotopic (exact) mass is 432 g/mol. The maximum atomic E-state index is 5.18. The third-order valence-electron chi connectivity index (χ3n) is 6.70. The first-order chi connectivity index (χ1) is 16.9. The van der Waals surface area contributed by atoms with Gasteiger partial charge < -0.3 is 0 Å². The lowest BCUT2D eigenvalue weighted by atomic mass is 9.89. The van der Waals surface area contributed by atoms with E-state index >= 15 is 0 Å². The van der Waals surface area contributed by atoms with Crippen LogP contribution in [0.15, 0.2) is 121 Å². The number of hydrogen-bond acceptors (Lipinski definition) is 2. The Morgan fingerprint density at radius 2 is 1.06 bits per heavy atom. The normalized spacial score (nSPS) is 11.5. The van der Waals surface area contributed by atoms with Crippen LogP contribution in [0.1, 0.15) is 0 Å². The van der Waals surface area contributed by atoms with Crippen molar-refractivity contribution < 1.29 is 0 Å². The van der Waals surface area contributed by atoms with Crippen LogP contribution in [0.25, 0.3) is 65.7 Å². The van der Waals surface area contributed by atoms with Crippen molar-refractivity contribution in [3.8, 4) is 22.4 Å². The number of benzene rings is 5. The molecule has 0 unspecified atom stereocenters. The Balaban J connectivity index is 1.59. The molecule has 2 heterocycles. The topological polar surface area (TPSA) is 25.8 Å². The Labute approximate surface area is 197 Å². The Bertz CT molecular complexity index is 1860. The standard InChI is InChI=1S/C32H20N2/c1-3-11-25-21(7-1)9-5-13-27(25)30-26-12-4-2-8-22(26)16-18-28(30)29-19-17-24-15-14-23-10-6-20-33-31(23)32(24)34-29/h1-20H. The number of nitrogens with zero attached hydrogens (tertiary/aromatic N) is 2. The molecule has 7 rings (SSSR count). The third kappa shape index (κ3) is 2.89. The Kier molecular flexibility index (Phi) is 4.18. The molecule has 5 aromatic carbocycles. The van der Waals surface area contributed by atoms with Crippen molar-refractivity contribution in [3.63, 3.8) is 0 Å². The molecule has 0 aliphatic heterocycles. The Hall–Kier alpha value is -4.56. The third-order valence-corrected chi connectivity index (χ3v) is 6.70. The van der Waals surface area contributed by atoms with Crippen LogP contribution in [0, 0.1) is 0 Å². The van der Waals surface area contributed by atoms with E-state index in [1.807, 2.05) is 12.3 Å². The quantitative estimate of drug-likeness (QED) is 0.256. The first-order valence-corrected chi connectivity index (χ1v) is 11.5. The fourth-order valence-corrected chi connectivity index (χ4v) is 5.09. The van der Waals surface area contributed by atoms with Gasteiger partial charge in [0.05, 0.1) is 16.7 Å². The van der Waals surface area contributed by atoms with E-state index in [2.05, 4.69) is 114 Å². The summed E-state index contributed by atoms with van der Waals surface area (Å²) in [6, 6.07) is 40.8. The van der Waals surface area contributed by atoms with Crippen LogP contribution < -0.4 is 0 Å². The summed E-state index contributed by atoms with van der Waals surface area (Å²) in [6.45, 7) is 0. The first kappa shape index (κ1) is 19.0. The molecule has 34 heavy (non-hydrogen) atoms. The number of rotatable bonds is 2. The van der Waals surface area contributed by atoms with Gasteiger partial charge in [-0.05, 0) is 44.8 Å².